The molecular weight excluding hydrogens is 250 g/mol. The summed E-state index contributed by atoms with van der Waals surface area (Å²) in [5, 5.41) is 9.21. The maximum Gasteiger partial charge on any atom is 0.232 e. The molecule has 0 aliphatic carbocycles. The van der Waals surface area contributed by atoms with E-state index in [4.69, 9.17) is 4.74 Å². The van der Waals surface area contributed by atoms with Crippen LogP contribution in [0.4, 0.5) is 0 Å². The number of aliphatic hydroxyl groups excluding tert-OH is 1. The highest BCUT2D eigenvalue weighted by molar-refractivity contribution is 8.01. The van der Waals surface area contributed by atoms with Gasteiger partial charge in [0, 0.05) is 17.8 Å². The Kier molecular flexibility index (Phi) is 5.09. The van der Waals surface area contributed by atoms with E-state index >= 15 is 0 Å². The minimum absolute atomic E-state index is 0.0420. The lowest BCUT2D eigenvalue weighted by Gasteiger charge is -2.42. The summed E-state index contributed by atoms with van der Waals surface area (Å²) in [4.78, 5) is 14.0. The third-order valence-electron chi connectivity index (χ3n) is 2.67. The topological polar surface area (TPSA) is 49.8 Å². The zero-order valence-electron chi connectivity index (χ0n) is 12.0. The van der Waals surface area contributed by atoms with E-state index in [-0.39, 0.29) is 29.0 Å². The number of carbonyl (C=O) groups is 1. The van der Waals surface area contributed by atoms with Gasteiger partial charge in [-0.25, -0.2) is 0 Å². The second kappa shape index (κ2) is 5.80. The molecule has 1 amide bonds. The first-order valence-corrected chi connectivity index (χ1v) is 7.32. The van der Waals surface area contributed by atoms with E-state index in [1.54, 1.807) is 11.8 Å². The molecule has 1 aliphatic rings. The third-order valence-corrected chi connectivity index (χ3v) is 3.92. The molecular formula is C13H25NO3S. The van der Waals surface area contributed by atoms with Crippen molar-refractivity contribution in [1.29, 1.82) is 0 Å². The summed E-state index contributed by atoms with van der Waals surface area (Å²) >= 11 is 1.65. The first kappa shape index (κ1) is 15.8. The maximum absolute atomic E-state index is 12.2. The SMILES string of the molecule is CC1(C)CN(C(=O)CSC(C)(C)C)CC(CO)O1. The smallest absolute Gasteiger partial charge is 0.232 e. The molecule has 0 radical (unpaired) electrons. The molecule has 0 aromatic rings. The second-order valence-corrected chi connectivity index (χ2v) is 8.16. The predicted octanol–water partition coefficient (Wildman–Crippen LogP) is 1.52. The number of ether oxygens (including phenoxy) is 1. The van der Waals surface area contributed by atoms with E-state index < -0.39 is 0 Å². The van der Waals surface area contributed by atoms with Crippen molar-refractivity contribution in [3.8, 4) is 0 Å². The van der Waals surface area contributed by atoms with Crippen LogP contribution in [-0.2, 0) is 9.53 Å². The number of carbonyl (C=O) groups excluding carboxylic acids is 1. The Morgan fingerprint density at radius 3 is 2.61 bits per heavy atom. The van der Waals surface area contributed by atoms with E-state index in [1.165, 1.54) is 0 Å². The molecule has 1 fully saturated rings. The van der Waals surface area contributed by atoms with Gasteiger partial charge in [0.2, 0.25) is 5.91 Å². The average Bonchev–Trinajstić information content (AvgIpc) is 2.22. The van der Waals surface area contributed by atoms with Gasteiger partial charge in [-0.3, -0.25) is 4.79 Å². The zero-order chi connectivity index (χ0) is 14.0. The summed E-state index contributed by atoms with van der Waals surface area (Å²) in [6.45, 7) is 11.2. The van der Waals surface area contributed by atoms with E-state index in [0.29, 0.717) is 18.8 Å². The highest BCUT2D eigenvalue weighted by Gasteiger charge is 2.35. The van der Waals surface area contributed by atoms with Gasteiger partial charge in [-0.2, -0.15) is 0 Å². The number of amides is 1. The summed E-state index contributed by atoms with van der Waals surface area (Å²) in [7, 11) is 0. The molecule has 5 heteroatoms. The van der Waals surface area contributed by atoms with E-state index in [0.717, 1.165) is 0 Å². The normalized spacial score (nSPS) is 24.1. The van der Waals surface area contributed by atoms with Gasteiger partial charge in [0.1, 0.15) is 0 Å². The highest BCUT2D eigenvalue weighted by atomic mass is 32.2. The molecule has 0 saturated carbocycles. The van der Waals surface area contributed by atoms with Crippen LogP contribution >= 0.6 is 11.8 Å². The lowest BCUT2D eigenvalue weighted by Crippen LogP contribution is -2.56. The minimum atomic E-state index is -0.381. The fraction of sp³-hybridized carbons (Fsp3) is 0.923. The molecule has 1 saturated heterocycles. The minimum Gasteiger partial charge on any atom is -0.394 e. The van der Waals surface area contributed by atoms with Crippen molar-refractivity contribution in [2.24, 2.45) is 0 Å². The zero-order valence-corrected chi connectivity index (χ0v) is 12.8. The van der Waals surface area contributed by atoms with Crippen LogP contribution in [-0.4, -0.2) is 57.8 Å². The van der Waals surface area contributed by atoms with Gasteiger partial charge >= 0.3 is 0 Å². The monoisotopic (exact) mass is 275 g/mol. The Hall–Kier alpha value is -0.260. The summed E-state index contributed by atoms with van der Waals surface area (Å²) in [5.74, 6) is 0.613. The molecule has 1 atom stereocenters. The Morgan fingerprint density at radius 1 is 1.50 bits per heavy atom. The van der Waals surface area contributed by atoms with Gasteiger partial charge in [0.15, 0.2) is 0 Å². The van der Waals surface area contributed by atoms with Crippen LogP contribution in [0.25, 0.3) is 0 Å². The average molecular weight is 275 g/mol. The lowest BCUT2D eigenvalue weighted by molar-refractivity contribution is -0.165. The van der Waals surface area contributed by atoms with Gasteiger partial charge in [-0.1, -0.05) is 20.8 Å². The number of rotatable bonds is 3. The number of aliphatic hydroxyl groups is 1. The van der Waals surface area contributed by atoms with Crippen LogP contribution in [0.3, 0.4) is 0 Å². The van der Waals surface area contributed by atoms with Crippen molar-refractivity contribution in [3.63, 3.8) is 0 Å². The molecule has 0 aromatic carbocycles. The van der Waals surface area contributed by atoms with Crippen molar-refractivity contribution < 1.29 is 14.6 Å². The van der Waals surface area contributed by atoms with Gasteiger partial charge in [-0.05, 0) is 13.8 Å². The largest absolute Gasteiger partial charge is 0.394 e. The van der Waals surface area contributed by atoms with Crippen molar-refractivity contribution in [3.05, 3.63) is 0 Å². The molecule has 1 rings (SSSR count). The van der Waals surface area contributed by atoms with E-state index in [9.17, 15) is 9.90 Å². The second-order valence-electron chi connectivity index (χ2n) is 6.36. The van der Waals surface area contributed by atoms with Gasteiger partial charge in [0.25, 0.3) is 0 Å². The molecule has 0 bridgehead atoms. The van der Waals surface area contributed by atoms with Crippen molar-refractivity contribution in [2.75, 3.05) is 25.4 Å². The number of hydrogen-bond donors (Lipinski definition) is 1. The molecule has 0 spiro atoms. The first-order chi connectivity index (χ1) is 8.13. The molecule has 4 nitrogen and oxygen atoms in total. The highest BCUT2D eigenvalue weighted by Crippen LogP contribution is 2.25. The van der Waals surface area contributed by atoms with Crippen molar-refractivity contribution in [2.45, 2.75) is 51.1 Å². The number of morpholine rings is 1. The Balaban J connectivity index is 2.56. The van der Waals surface area contributed by atoms with Crippen LogP contribution in [0.15, 0.2) is 0 Å². The number of hydrogen-bond acceptors (Lipinski definition) is 4. The molecule has 0 aromatic heterocycles. The van der Waals surface area contributed by atoms with Crippen LogP contribution in [0.5, 0.6) is 0 Å². The summed E-state index contributed by atoms with van der Waals surface area (Å²) < 4.78 is 5.79. The summed E-state index contributed by atoms with van der Waals surface area (Å²) in [5.41, 5.74) is -0.381. The quantitative estimate of drug-likeness (QED) is 0.848. The molecule has 18 heavy (non-hydrogen) atoms. The molecule has 1 heterocycles. The third kappa shape index (κ3) is 5.16. The van der Waals surface area contributed by atoms with Crippen molar-refractivity contribution >= 4 is 17.7 Å². The first-order valence-electron chi connectivity index (χ1n) is 6.33. The Morgan fingerprint density at radius 2 is 2.11 bits per heavy atom. The lowest BCUT2D eigenvalue weighted by atomic mass is 10.1. The predicted molar refractivity (Wildman–Crippen MR) is 74.8 cm³/mol. The van der Waals surface area contributed by atoms with Gasteiger partial charge in [-0.15, -0.1) is 11.8 Å². The molecule has 106 valence electrons. The van der Waals surface area contributed by atoms with Crippen LogP contribution in [0.2, 0.25) is 0 Å². The van der Waals surface area contributed by atoms with Crippen LogP contribution in [0.1, 0.15) is 34.6 Å². The standard InChI is InChI=1S/C13H25NO3S/c1-12(2,3)18-8-11(16)14-6-10(7-15)17-13(4,5)9-14/h10,15H,6-9H2,1-5H3. The fourth-order valence-corrected chi connectivity index (χ4v) is 2.69. The van der Waals surface area contributed by atoms with E-state index in [2.05, 4.69) is 20.8 Å². The fourth-order valence-electron chi connectivity index (χ4n) is 1.95. The molecule has 1 aliphatic heterocycles. The number of nitrogens with zero attached hydrogens (tertiary/aromatic N) is 1. The van der Waals surface area contributed by atoms with Gasteiger partial charge in [0.05, 0.1) is 24.1 Å². The van der Waals surface area contributed by atoms with Crippen LogP contribution < -0.4 is 0 Å². The Bertz CT molecular complexity index is 299. The van der Waals surface area contributed by atoms with Crippen molar-refractivity contribution in [1.82, 2.24) is 4.90 Å². The van der Waals surface area contributed by atoms with Gasteiger partial charge < -0.3 is 14.7 Å². The van der Waals surface area contributed by atoms with Crippen LogP contribution in [0, 0.1) is 0 Å². The summed E-state index contributed by atoms with van der Waals surface area (Å²) in [6.07, 6.45) is -0.266. The van der Waals surface area contributed by atoms with E-state index in [1.807, 2.05) is 18.7 Å². The number of thioether (sulfide) groups is 1. The molecule has 1 unspecified atom stereocenters. The molecule has 1 N–H and O–H groups in total. The maximum atomic E-state index is 12.2. The Labute approximate surface area is 114 Å². The summed E-state index contributed by atoms with van der Waals surface area (Å²) in [6, 6.07) is 0.